The molecule has 0 bridgehead atoms. The number of rotatable bonds is 5. The molecule has 0 spiro atoms. The Morgan fingerprint density at radius 1 is 1.08 bits per heavy atom. The number of benzene rings is 1. The van der Waals surface area contributed by atoms with Gasteiger partial charge in [0.2, 0.25) is 5.91 Å². The molecule has 140 valence electrons. The van der Waals surface area contributed by atoms with Crippen LogP contribution in [0.3, 0.4) is 0 Å². The second-order valence-corrected chi connectivity index (χ2v) is 7.34. The van der Waals surface area contributed by atoms with Crippen molar-refractivity contribution in [1.29, 1.82) is 0 Å². The SMILES string of the molecule is Cl.O=C(CCOc1ccc(Cl)c(Cl)c1)N1CCN(C2CCCC2)CC1. The van der Waals surface area contributed by atoms with Crippen LogP contribution in [0.25, 0.3) is 0 Å². The average molecular weight is 408 g/mol. The maximum absolute atomic E-state index is 12.3. The summed E-state index contributed by atoms with van der Waals surface area (Å²) in [5, 5.41) is 0.962. The normalized spacial score (nSPS) is 18.9. The lowest BCUT2D eigenvalue weighted by Crippen LogP contribution is -2.51. The highest BCUT2D eigenvalue weighted by Crippen LogP contribution is 2.26. The van der Waals surface area contributed by atoms with Crippen molar-refractivity contribution in [1.82, 2.24) is 9.80 Å². The van der Waals surface area contributed by atoms with E-state index < -0.39 is 0 Å². The molecule has 1 saturated carbocycles. The van der Waals surface area contributed by atoms with E-state index in [2.05, 4.69) is 4.90 Å². The maximum Gasteiger partial charge on any atom is 0.226 e. The summed E-state index contributed by atoms with van der Waals surface area (Å²) in [7, 11) is 0. The molecular formula is C18H25Cl3N2O2. The lowest BCUT2D eigenvalue weighted by atomic mass is 10.2. The van der Waals surface area contributed by atoms with Gasteiger partial charge in [-0.1, -0.05) is 36.0 Å². The molecular weight excluding hydrogens is 383 g/mol. The van der Waals surface area contributed by atoms with Crippen LogP contribution >= 0.6 is 35.6 Å². The van der Waals surface area contributed by atoms with Crippen molar-refractivity contribution in [2.45, 2.75) is 38.1 Å². The minimum atomic E-state index is 0. The molecule has 0 radical (unpaired) electrons. The molecule has 0 aromatic heterocycles. The molecule has 0 atom stereocenters. The first-order valence-corrected chi connectivity index (χ1v) is 9.49. The van der Waals surface area contributed by atoms with E-state index in [0.717, 1.165) is 32.2 Å². The van der Waals surface area contributed by atoms with Gasteiger partial charge < -0.3 is 9.64 Å². The standard InChI is InChI=1S/C18H24Cl2N2O2.ClH/c19-16-6-5-15(13-17(16)20)24-12-7-18(23)22-10-8-21(9-11-22)14-3-1-2-4-14;/h5-6,13-14H,1-4,7-12H2;1H. The summed E-state index contributed by atoms with van der Waals surface area (Å²) in [6.45, 7) is 4.04. The summed E-state index contributed by atoms with van der Waals surface area (Å²) >= 11 is 11.8. The molecule has 3 rings (SSSR count). The van der Waals surface area contributed by atoms with Crippen molar-refractivity contribution in [3.05, 3.63) is 28.2 Å². The molecule has 1 aromatic carbocycles. The van der Waals surface area contributed by atoms with E-state index in [0.29, 0.717) is 28.8 Å². The monoisotopic (exact) mass is 406 g/mol. The van der Waals surface area contributed by atoms with Crippen molar-refractivity contribution in [2.24, 2.45) is 0 Å². The molecule has 0 N–H and O–H groups in total. The van der Waals surface area contributed by atoms with Crippen molar-refractivity contribution in [3.63, 3.8) is 0 Å². The van der Waals surface area contributed by atoms with Gasteiger partial charge in [-0.2, -0.15) is 0 Å². The number of hydrogen-bond donors (Lipinski definition) is 0. The third-order valence-electron chi connectivity index (χ3n) is 4.98. The largest absolute Gasteiger partial charge is 0.493 e. The zero-order chi connectivity index (χ0) is 16.9. The third kappa shape index (κ3) is 5.65. The quantitative estimate of drug-likeness (QED) is 0.730. The van der Waals surface area contributed by atoms with Gasteiger partial charge in [-0.05, 0) is 25.0 Å². The minimum absolute atomic E-state index is 0. The van der Waals surface area contributed by atoms with Crippen LogP contribution in [-0.4, -0.2) is 54.5 Å². The van der Waals surface area contributed by atoms with Gasteiger partial charge in [0, 0.05) is 38.3 Å². The molecule has 2 aliphatic rings. The molecule has 0 unspecified atom stereocenters. The summed E-state index contributed by atoms with van der Waals surface area (Å²) in [6.07, 6.45) is 5.76. The minimum Gasteiger partial charge on any atom is -0.493 e. The Morgan fingerprint density at radius 2 is 1.76 bits per heavy atom. The zero-order valence-corrected chi connectivity index (χ0v) is 16.6. The Balaban J connectivity index is 0.00000225. The first-order valence-electron chi connectivity index (χ1n) is 8.73. The maximum atomic E-state index is 12.3. The molecule has 1 aliphatic heterocycles. The highest BCUT2D eigenvalue weighted by atomic mass is 35.5. The number of hydrogen-bond acceptors (Lipinski definition) is 3. The van der Waals surface area contributed by atoms with Gasteiger partial charge in [0.25, 0.3) is 0 Å². The molecule has 1 aromatic rings. The lowest BCUT2D eigenvalue weighted by Gasteiger charge is -2.38. The summed E-state index contributed by atoms with van der Waals surface area (Å²) in [5.41, 5.74) is 0. The van der Waals surface area contributed by atoms with Gasteiger partial charge in [0.1, 0.15) is 5.75 Å². The van der Waals surface area contributed by atoms with E-state index in [-0.39, 0.29) is 18.3 Å². The summed E-state index contributed by atoms with van der Waals surface area (Å²) in [5.74, 6) is 0.810. The average Bonchev–Trinajstić information content (AvgIpc) is 3.13. The number of halogens is 3. The molecule has 25 heavy (non-hydrogen) atoms. The fourth-order valence-corrected chi connectivity index (χ4v) is 3.87. The van der Waals surface area contributed by atoms with Crippen LogP contribution in [0.5, 0.6) is 5.75 Å². The van der Waals surface area contributed by atoms with E-state index >= 15 is 0 Å². The van der Waals surface area contributed by atoms with Crippen LogP contribution in [0.4, 0.5) is 0 Å². The van der Waals surface area contributed by atoms with E-state index in [4.69, 9.17) is 27.9 Å². The number of carbonyl (C=O) groups excluding carboxylic acids is 1. The first-order chi connectivity index (χ1) is 11.6. The highest BCUT2D eigenvalue weighted by molar-refractivity contribution is 6.42. The van der Waals surface area contributed by atoms with Gasteiger partial charge in [0.05, 0.1) is 23.1 Å². The van der Waals surface area contributed by atoms with Crippen molar-refractivity contribution < 1.29 is 9.53 Å². The molecule has 1 amide bonds. The van der Waals surface area contributed by atoms with E-state index in [9.17, 15) is 4.79 Å². The Hall–Kier alpha value is -0.680. The van der Waals surface area contributed by atoms with E-state index in [1.807, 2.05) is 4.90 Å². The van der Waals surface area contributed by atoms with Crippen molar-refractivity contribution >= 4 is 41.5 Å². The van der Waals surface area contributed by atoms with Crippen LogP contribution in [0, 0.1) is 0 Å². The molecule has 1 aliphatic carbocycles. The van der Waals surface area contributed by atoms with Gasteiger partial charge >= 0.3 is 0 Å². The number of ether oxygens (including phenoxy) is 1. The fourth-order valence-electron chi connectivity index (χ4n) is 3.59. The van der Waals surface area contributed by atoms with Crippen molar-refractivity contribution in [3.8, 4) is 5.75 Å². The van der Waals surface area contributed by atoms with E-state index in [1.165, 1.54) is 25.7 Å². The third-order valence-corrected chi connectivity index (χ3v) is 5.72. The summed E-state index contributed by atoms with van der Waals surface area (Å²) in [4.78, 5) is 16.8. The molecule has 7 heteroatoms. The summed E-state index contributed by atoms with van der Waals surface area (Å²) in [6, 6.07) is 5.89. The fraction of sp³-hybridized carbons (Fsp3) is 0.611. The van der Waals surface area contributed by atoms with E-state index in [1.54, 1.807) is 18.2 Å². The molecule has 1 heterocycles. The van der Waals surface area contributed by atoms with Crippen LogP contribution in [0.15, 0.2) is 18.2 Å². The number of piperazine rings is 1. The van der Waals surface area contributed by atoms with Crippen molar-refractivity contribution in [2.75, 3.05) is 32.8 Å². The van der Waals surface area contributed by atoms with Gasteiger partial charge in [-0.15, -0.1) is 12.4 Å². The van der Waals surface area contributed by atoms with Gasteiger partial charge in [0.15, 0.2) is 0 Å². The topological polar surface area (TPSA) is 32.8 Å². The zero-order valence-electron chi connectivity index (χ0n) is 14.3. The number of amides is 1. The predicted octanol–water partition coefficient (Wildman–Crippen LogP) is 4.27. The van der Waals surface area contributed by atoms with Gasteiger partial charge in [-0.3, -0.25) is 9.69 Å². The molecule has 4 nitrogen and oxygen atoms in total. The van der Waals surface area contributed by atoms with Crippen LogP contribution < -0.4 is 4.74 Å². The Bertz CT molecular complexity index is 571. The Morgan fingerprint density at radius 3 is 2.40 bits per heavy atom. The second kappa shape index (κ2) is 9.86. The second-order valence-electron chi connectivity index (χ2n) is 6.53. The summed E-state index contributed by atoms with van der Waals surface area (Å²) < 4.78 is 5.60. The molecule has 1 saturated heterocycles. The van der Waals surface area contributed by atoms with Crippen LogP contribution in [0.2, 0.25) is 10.0 Å². The highest BCUT2D eigenvalue weighted by Gasteiger charge is 2.27. The van der Waals surface area contributed by atoms with Crippen LogP contribution in [0.1, 0.15) is 32.1 Å². The number of carbonyl (C=O) groups is 1. The Labute approximate surface area is 165 Å². The molecule has 2 fully saturated rings. The first kappa shape index (κ1) is 20.6. The van der Waals surface area contributed by atoms with Crippen LogP contribution in [-0.2, 0) is 4.79 Å². The smallest absolute Gasteiger partial charge is 0.226 e. The van der Waals surface area contributed by atoms with Gasteiger partial charge in [-0.25, -0.2) is 0 Å². The predicted molar refractivity (Wildman–Crippen MR) is 104 cm³/mol. The Kier molecular flexibility index (Phi) is 8.14. The number of nitrogens with zero attached hydrogens (tertiary/aromatic N) is 2. The lowest BCUT2D eigenvalue weighted by molar-refractivity contribution is -0.133.